The smallest absolute Gasteiger partial charge is 0.121 e. The van der Waals surface area contributed by atoms with Crippen LogP contribution in [0, 0.1) is 0 Å². The van der Waals surface area contributed by atoms with E-state index in [-0.39, 0.29) is 0 Å². The molecule has 0 atom stereocenters. The molecule has 0 spiro atoms. The van der Waals surface area contributed by atoms with E-state index in [9.17, 15) is 0 Å². The molecule has 0 bridgehead atoms. The molecule has 2 N–H and O–H groups in total. The Labute approximate surface area is 71.0 Å². The molecule has 0 amide bonds. The summed E-state index contributed by atoms with van der Waals surface area (Å²) in [6.45, 7) is 0.930. The quantitative estimate of drug-likeness (QED) is 0.693. The molecule has 0 saturated heterocycles. The van der Waals surface area contributed by atoms with Crippen molar-refractivity contribution in [2.45, 2.75) is 13.0 Å². The maximum atomic E-state index is 5.62. The molecule has 62 valence electrons. The Morgan fingerprint density at radius 1 is 1.73 bits per heavy atom. The first-order valence-electron chi connectivity index (χ1n) is 3.61. The summed E-state index contributed by atoms with van der Waals surface area (Å²) in [5, 5.41) is 4.07. The van der Waals surface area contributed by atoms with E-state index in [0.29, 0.717) is 0 Å². The number of anilines is 1. The maximum Gasteiger partial charge on any atom is 0.121 e. The van der Waals surface area contributed by atoms with Gasteiger partial charge in [-0.2, -0.15) is 16.9 Å². The van der Waals surface area contributed by atoms with Crippen molar-refractivity contribution in [2.75, 3.05) is 17.7 Å². The third-order valence-corrected chi connectivity index (χ3v) is 2.16. The zero-order chi connectivity index (χ0) is 8.10. The predicted octanol–water partition coefficient (Wildman–Crippen LogP) is 1.22. The van der Waals surface area contributed by atoms with E-state index in [1.165, 1.54) is 5.75 Å². The Bertz CT molecular complexity index is 209. The zero-order valence-corrected chi connectivity index (χ0v) is 7.47. The van der Waals surface area contributed by atoms with Crippen molar-refractivity contribution >= 4 is 17.6 Å². The minimum atomic E-state index is 0.756. The van der Waals surface area contributed by atoms with Crippen LogP contribution in [0.2, 0.25) is 0 Å². The number of nitrogens with two attached hydrogens (primary N) is 1. The summed E-state index contributed by atoms with van der Waals surface area (Å²) in [4.78, 5) is 0. The monoisotopic (exact) mass is 171 g/mol. The van der Waals surface area contributed by atoms with Crippen LogP contribution in [-0.4, -0.2) is 21.8 Å². The van der Waals surface area contributed by atoms with E-state index in [1.54, 1.807) is 6.20 Å². The van der Waals surface area contributed by atoms with Crippen LogP contribution in [0.4, 0.5) is 5.82 Å². The van der Waals surface area contributed by atoms with Gasteiger partial charge >= 0.3 is 0 Å². The maximum absolute atomic E-state index is 5.62. The highest BCUT2D eigenvalue weighted by Gasteiger charge is 1.95. The predicted molar refractivity (Wildman–Crippen MR) is 49.6 cm³/mol. The normalized spacial score (nSPS) is 10.3. The number of thioether (sulfide) groups is 1. The SMILES string of the molecule is CSCCCn1nccc1N. The lowest BCUT2D eigenvalue weighted by Crippen LogP contribution is -2.04. The molecule has 0 aliphatic carbocycles. The third kappa shape index (κ3) is 2.46. The van der Waals surface area contributed by atoms with Crippen LogP contribution >= 0.6 is 11.8 Å². The van der Waals surface area contributed by atoms with Crippen molar-refractivity contribution in [3.63, 3.8) is 0 Å². The van der Waals surface area contributed by atoms with Crippen molar-refractivity contribution in [1.82, 2.24) is 9.78 Å². The summed E-state index contributed by atoms with van der Waals surface area (Å²) < 4.78 is 1.83. The first-order valence-corrected chi connectivity index (χ1v) is 5.00. The van der Waals surface area contributed by atoms with Crippen molar-refractivity contribution in [3.05, 3.63) is 12.3 Å². The second kappa shape index (κ2) is 4.28. The van der Waals surface area contributed by atoms with E-state index in [4.69, 9.17) is 5.73 Å². The van der Waals surface area contributed by atoms with Gasteiger partial charge in [0.15, 0.2) is 0 Å². The molecule has 0 saturated carbocycles. The minimum absolute atomic E-state index is 0.756. The molecule has 3 nitrogen and oxygen atoms in total. The first-order chi connectivity index (χ1) is 5.34. The fourth-order valence-corrected chi connectivity index (χ4v) is 1.31. The second-order valence-electron chi connectivity index (χ2n) is 2.33. The molecule has 1 aromatic rings. The lowest BCUT2D eigenvalue weighted by Gasteiger charge is -2.01. The molecule has 0 radical (unpaired) electrons. The Kier molecular flexibility index (Phi) is 3.29. The summed E-state index contributed by atoms with van der Waals surface area (Å²) in [6.07, 6.45) is 4.97. The van der Waals surface area contributed by atoms with Crippen LogP contribution in [0.3, 0.4) is 0 Å². The standard InChI is InChI=1S/C7H13N3S/c1-11-6-2-5-10-7(8)3-4-9-10/h3-4H,2,5-6,8H2,1H3. The van der Waals surface area contributed by atoms with Gasteiger partial charge in [0.25, 0.3) is 0 Å². The van der Waals surface area contributed by atoms with E-state index in [0.717, 1.165) is 18.8 Å². The number of aryl methyl sites for hydroxylation is 1. The van der Waals surface area contributed by atoms with Gasteiger partial charge < -0.3 is 5.73 Å². The number of hydrogen-bond acceptors (Lipinski definition) is 3. The number of hydrogen-bond donors (Lipinski definition) is 1. The Morgan fingerprint density at radius 3 is 3.09 bits per heavy atom. The number of nitrogen functional groups attached to an aromatic ring is 1. The van der Waals surface area contributed by atoms with Crippen molar-refractivity contribution in [2.24, 2.45) is 0 Å². The summed E-state index contributed by atoms with van der Waals surface area (Å²) in [6, 6.07) is 1.82. The summed E-state index contributed by atoms with van der Waals surface area (Å²) in [5.41, 5.74) is 5.62. The highest BCUT2D eigenvalue weighted by Crippen LogP contribution is 2.03. The van der Waals surface area contributed by atoms with Gasteiger partial charge in [-0.3, -0.25) is 4.68 Å². The van der Waals surface area contributed by atoms with E-state index in [2.05, 4.69) is 11.4 Å². The van der Waals surface area contributed by atoms with Gasteiger partial charge in [0.2, 0.25) is 0 Å². The molecule has 1 rings (SSSR count). The topological polar surface area (TPSA) is 43.8 Å². The molecule has 1 aromatic heterocycles. The molecule has 11 heavy (non-hydrogen) atoms. The molecule has 4 heteroatoms. The minimum Gasteiger partial charge on any atom is -0.384 e. The van der Waals surface area contributed by atoms with Crippen LogP contribution in [0.25, 0.3) is 0 Å². The number of rotatable bonds is 4. The Hall–Kier alpha value is -0.640. The fourth-order valence-electron chi connectivity index (χ4n) is 0.888. The number of aromatic nitrogens is 2. The van der Waals surface area contributed by atoms with Gasteiger partial charge in [0.05, 0.1) is 6.20 Å². The van der Waals surface area contributed by atoms with Gasteiger partial charge in [-0.25, -0.2) is 0 Å². The van der Waals surface area contributed by atoms with Crippen molar-refractivity contribution in [3.8, 4) is 0 Å². The molecule has 0 aliphatic heterocycles. The summed E-state index contributed by atoms with van der Waals surface area (Å²) >= 11 is 1.85. The largest absolute Gasteiger partial charge is 0.384 e. The highest BCUT2D eigenvalue weighted by molar-refractivity contribution is 7.98. The second-order valence-corrected chi connectivity index (χ2v) is 3.31. The van der Waals surface area contributed by atoms with Crippen LogP contribution in [-0.2, 0) is 6.54 Å². The molecule has 1 heterocycles. The average molecular weight is 171 g/mol. The molecule has 0 aromatic carbocycles. The van der Waals surface area contributed by atoms with Crippen molar-refractivity contribution in [1.29, 1.82) is 0 Å². The van der Waals surface area contributed by atoms with Crippen LogP contribution in [0.15, 0.2) is 12.3 Å². The average Bonchev–Trinajstić information content (AvgIpc) is 2.37. The summed E-state index contributed by atoms with van der Waals surface area (Å²) in [5.74, 6) is 1.92. The number of nitrogens with zero attached hydrogens (tertiary/aromatic N) is 2. The molecular weight excluding hydrogens is 158 g/mol. The van der Waals surface area contributed by atoms with Crippen LogP contribution < -0.4 is 5.73 Å². The van der Waals surface area contributed by atoms with Gasteiger partial charge in [0, 0.05) is 6.54 Å². The van der Waals surface area contributed by atoms with Crippen LogP contribution in [0.1, 0.15) is 6.42 Å². The van der Waals surface area contributed by atoms with E-state index in [1.807, 2.05) is 22.5 Å². The lowest BCUT2D eigenvalue weighted by molar-refractivity contribution is 0.615. The van der Waals surface area contributed by atoms with Gasteiger partial charge in [-0.15, -0.1) is 0 Å². The highest BCUT2D eigenvalue weighted by atomic mass is 32.2. The van der Waals surface area contributed by atoms with E-state index >= 15 is 0 Å². The zero-order valence-electron chi connectivity index (χ0n) is 6.66. The third-order valence-electron chi connectivity index (χ3n) is 1.47. The van der Waals surface area contributed by atoms with Crippen molar-refractivity contribution < 1.29 is 0 Å². The van der Waals surface area contributed by atoms with Crippen LogP contribution in [0.5, 0.6) is 0 Å². The molecular formula is C7H13N3S. The molecule has 0 fully saturated rings. The fraction of sp³-hybridized carbons (Fsp3) is 0.571. The Morgan fingerprint density at radius 2 is 2.55 bits per heavy atom. The summed E-state index contributed by atoms with van der Waals surface area (Å²) in [7, 11) is 0. The Balaban J connectivity index is 2.32. The molecule has 0 unspecified atom stereocenters. The lowest BCUT2D eigenvalue weighted by atomic mass is 10.5. The van der Waals surface area contributed by atoms with Gasteiger partial charge in [0.1, 0.15) is 5.82 Å². The van der Waals surface area contributed by atoms with E-state index < -0.39 is 0 Å². The molecule has 0 aliphatic rings. The first kappa shape index (κ1) is 8.46. The van der Waals surface area contributed by atoms with Gasteiger partial charge in [-0.05, 0) is 24.5 Å². The van der Waals surface area contributed by atoms with Gasteiger partial charge in [-0.1, -0.05) is 0 Å².